The Balaban J connectivity index is 2.63. The van der Waals surface area contributed by atoms with Crippen molar-refractivity contribution in [2.45, 2.75) is 12.7 Å². The van der Waals surface area contributed by atoms with E-state index in [2.05, 4.69) is 4.37 Å². The van der Waals surface area contributed by atoms with Crippen molar-refractivity contribution in [2.24, 2.45) is 5.73 Å². The van der Waals surface area contributed by atoms with Gasteiger partial charge < -0.3 is 10.5 Å². The van der Waals surface area contributed by atoms with Crippen molar-refractivity contribution >= 4 is 17.4 Å². The van der Waals surface area contributed by atoms with E-state index in [-0.39, 0.29) is 5.88 Å². The van der Waals surface area contributed by atoms with Gasteiger partial charge in [-0.25, -0.2) is 0 Å². The number of amides is 1. The summed E-state index contributed by atoms with van der Waals surface area (Å²) in [6.45, 7) is -0.436. The Kier molecular flexibility index (Phi) is 4.22. The van der Waals surface area contributed by atoms with Crippen molar-refractivity contribution in [1.29, 1.82) is 0 Å². The normalized spacial score (nSPS) is 11.5. The van der Waals surface area contributed by atoms with E-state index in [0.717, 1.165) is 17.6 Å². The van der Waals surface area contributed by atoms with Gasteiger partial charge >= 0.3 is 6.18 Å². The molecular formula is C12H10F3N3O3S. The highest BCUT2D eigenvalue weighted by molar-refractivity contribution is 7.03. The van der Waals surface area contributed by atoms with Crippen molar-refractivity contribution in [2.75, 3.05) is 7.11 Å². The van der Waals surface area contributed by atoms with Crippen LogP contribution in [0.5, 0.6) is 5.88 Å². The average Bonchev–Trinajstić information content (AvgIpc) is 2.86. The molecule has 0 bridgehead atoms. The van der Waals surface area contributed by atoms with Gasteiger partial charge in [0, 0.05) is 10.9 Å². The number of pyridine rings is 1. The first-order valence-corrected chi connectivity index (χ1v) is 6.67. The van der Waals surface area contributed by atoms with Crippen molar-refractivity contribution in [1.82, 2.24) is 8.94 Å². The first-order valence-electron chi connectivity index (χ1n) is 5.83. The Morgan fingerprint density at radius 1 is 1.45 bits per heavy atom. The van der Waals surface area contributed by atoms with E-state index in [1.165, 1.54) is 12.5 Å². The van der Waals surface area contributed by atoms with Crippen molar-refractivity contribution in [3.8, 4) is 5.88 Å². The molecule has 0 radical (unpaired) electrons. The molecule has 1 amide bonds. The highest BCUT2D eigenvalue weighted by Gasteiger charge is 2.35. The lowest BCUT2D eigenvalue weighted by atomic mass is 10.2. The Labute approximate surface area is 126 Å². The van der Waals surface area contributed by atoms with Gasteiger partial charge in [0.05, 0.1) is 13.7 Å². The topological polar surface area (TPSA) is 87.2 Å². The highest BCUT2D eigenvalue weighted by atomic mass is 32.1. The van der Waals surface area contributed by atoms with Crippen LogP contribution in [0.3, 0.4) is 0 Å². The van der Waals surface area contributed by atoms with Gasteiger partial charge in [-0.15, -0.1) is 0 Å². The van der Waals surface area contributed by atoms with E-state index in [0.29, 0.717) is 16.2 Å². The minimum atomic E-state index is -4.76. The number of nitrogens with two attached hydrogens (primary N) is 1. The van der Waals surface area contributed by atoms with Gasteiger partial charge in [0.1, 0.15) is 11.3 Å². The number of ether oxygens (including phenoxy) is 1. The number of rotatable bonds is 4. The maximum atomic E-state index is 13.1. The standard InChI is InChI=1S/C12H10F3N3O3S/c1-21-10-6(5-22-17-10)4-18-8(12(13,14)15)3-2-7(9(16)19)11(18)20/h2-3,5H,4H2,1H3,(H2,16,19). The average molecular weight is 333 g/mol. The molecule has 0 unspecified atom stereocenters. The summed E-state index contributed by atoms with van der Waals surface area (Å²) in [6, 6.07) is 1.42. The zero-order valence-electron chi connectivity index (χ0n) is 11.2. The second-order valence-electron chi connectivity index (χ2n) is 4.23. The number of methoxy groups -OCH3 is 1. The predicted molar refractivity (Wildman–Crippen MR) is 72.0 cm³/mol. The summed E-state index contributed by atoms with van der Waals surface area (Å²) in [5.41, 5.74) is 2.48. The van der Waals surface area contributed by atoms with Crippen LogP contribution >= 0.6 is 11.5 Å². The summed E-state index contributed by atoms with van der Waals surface area (Å²) in [5.74, 6) is -0.975. The third kappa shape index (κ3) is 2.96. The van der Waals surface area contributed by atoms with Gasteiger partial charge in [-0.3, -0.25) is 14.2 Å². The molecule has 2 heterocycles. The molecule has 0 aromatic carbocycles. The quantitative estimate of drug-likeness (QED) is 0.918. The van der Waals surface area contributed by atoms with Gasteiger partial charge in [-0.05, 0) is 23.7 Å². The van der Waals surface area contributed by atoms with E-state index in [9.17, 15) is 22.8 Å². The lowest BCUT2D eigenvalue weighted by molar-refractivity contribution is -0.144. The van der Waals surface area contributed by atoms with Crippen molar-refractivity contribution < 1.29 is 22.7 Å². The molecule has 0 aliphatic heterocycles. The SMILES string of the molecule is COc1nscc1Cn1c(C(F)(F)F)ccc(C(N)=O)c1=O. The molecule has 2 N–H and O–H groups in total. The highest BCUT2D eigenvalue weighted by Crippen LogP contribution is 2.29. The van der Waals surface area contributed by atoms with Crippen LogP contribution < -0.4 is 16.0 Å². The molecule has 22 heavy (non-hydrogen) atoms. The van der Waals surface area contributed by atoms with Crippen LogP contribution in [-0.4, -0.2) is 22.0 Å². The van der Waals surface area contributed by atoms with Gasteiger partial charge in [-0.1, -0.05) is 0 Å². The fraction of sp³-hybridized carbons (Fsp3) is 0.250. The predicted octanol–water partition coefficient (Wildman–Crippen LogP) is 1.48. The lowest BCUT2D eigenvalue weighted by Gasteiger charge is -2.15. The molecule has 0 saturated carbocycles. The van der Waals surface area contributed by atoms with E-state index in [1.807, 2.05) is 0 Å². The molecule has 6 nitrogen and oxygen atoms in total. The molecule has 0 aliphatic rings. The number of carbonyl (C=O) groups excluding carboxylic acids is 1. The summed E-state index contributed by atoms with van der Waals surface area (Å²) in [7, 11) is 1.31. The van der Waals surface area contributed by atoms with Crippen molar-refractivity contribution in [3.63, 3.8) is 0 Å². The number of aromatic nitrogens is 2. The molecule has 2 aromatic rings. The Morgan fingerprint density at radius 2 is 2.14 bits per heavy atom. The van der Waals surface area contributed by atoms with Crippen LogP contribution in [0.2, 0.25) is 0 Å². The van der Waals surface area contributed by atoms with Gasteiger partial charge in [0.25, 0.3) is 11.5 Å². The van der Waals surface area contributed by atoms with Crippen molar-refractivity contribution in [3.05, 3.63) is 44.7 Å². The zero-order valence-corrected chi connectivity index (χ0v) is 12.0. The van der Waals surface area contributed by atoms with Gasteiger partial charge in [0.15, 0.2) is 0 Å². The maximum Gasteiger partial charge on any atom is 0.431 e. The number of halogens is 3. The number of carbonyl (C=O) groups is 1. The molecular weight excluding hydrogens is 323 g/mol. The largest absolute Gasteiger partial charge is 0.480 e. The van der Waals surface area contributed by atoms with Gasteiger partial charge in [-0.2, -0.15) is 17.5 Å². The Bertz CT molecular complexity index is 767. The third-order valence-corrected chi connectivity index (χ3v) is 3.52. The Hall–Kier alpha value is -2.36. The number of hydrogen-bond donors (Lipinski definition) is 1. The number of nitrogens with zero attached hydrogens (tertiary/aromatic N) is 2. The van der Waals surface area contributed by atoms with E-state index >= 15 is 0 Å². The first-order chi connectivity index (χ1) is 10.3. The number of alkyl halides is 3. The Morgan fingerprint density at radius 3 is 2.68 bits per heavy atom. The van der Waals surface area contributed by atoms with E-state index in [1.54, 1.807) is 0 Å². The van der Waals surface area contributed by atoms with Crippen LogP contribution in [0.25, 0.3) is 0 Å². The molecule has 118 valence electrons. The second-order valence-corrected chi connectivity index (χ2v) is 4.86. The molecule has 0 saturated heterocycles. The fourth-order valence-electron chi connectivity index (χ4n) is 1.86. The third-order valence-electron chi connectivity index (χ3n) is 2.86. The van der Waals surface area contributed by atoms with Gasteiger partial charge in [0.2, 0.25) is 5.88 Å². The summed E-state index contributed by atoms with van der Waals surface area (Å²) >= 11 is 0.976. The van der Waals surface area contributed by atoms with E-state index in [4.69, 9.17) is 10.5 Å². The molecule has 0 fully saturated rings. The van der Waals surface area contributed by atoms with Crippen LogP contribution in [0, 0.1) is 0 Å². The van der Waals surface area contributed by atoms with Crippen LogP contribution in [0.15, 0.2) is 22.3 Å². The molecule has 0 atom stereocenters. The molecule has 2 rings (SSSR count). The zero-order chi connectivity index (χ0) is 16.5. The molecule has 0 aliphatic carbocycles. The minimum absolute atomic E-state index is 0.120. The van der Waals surface area contributed by atoms with Crippen LogP contribution in [0.1, 0.15) is 21.6 Å². The summed E-state index contributed by atoms with van der Waals surface area (Å²) < 4.78 is 48.3. The van der Waals surface area contributed by atoms with Crippen LogP contribution in [0.4, 0.5) is 13.2 Å². The number of hydrogen-bond acceptors (Lipinski definition) is 5. The summed E-state index contributed by atoms with van der Waals surface area (Å²) in [4.78, 5) is 23.3. The molecule has 2 aromatic heterocycles. The summed E-state index contributed by atoms with van der Waals surface area (Å²) in [5, 5.41) is 1.46. The molecule has 0 spiro atoms. The second kappa shape index (κ2) is 5.79. The maximum absolute atomic E-state index is 13.1. The minimum Gasteiger partial charge on any atom is -0.480 e. The lowest BCUT2D eigenvalue weighted by Crippen LogP contribution is -2.34. The smallest absolute Gasteiger partial charge is 0.431 e. The van der Waals surface area contributed by atoms with Crippen LogP contribution in [-0.2, 0) is 12.7 Å². The van der Waals surface area contributed by atoms with E-state index < -0.39 is 35.4 Å². The summed E-state index contributed by atoms with van der Waals surface area (Å²) in [6.07, 6.45) is -4.76. The monoisotopic (exact) mass is 333 g/mol. The first kappa shape index (κ1) is 16.0. The fourth-order valence-corrected chi connectivity index (χ4v) is 2.50. The molecule has 10 heteroatoms. The number of primary amides is 1.